The number of alkyl halides is 2. The lowest BCUT2D eigenvalue weighted by Crippen LogP contribution is -2.41. The molecule has 0 aromatic rings. The molecular formula is C17H25F2N3O4S. The lowest BCUT2D eigenvalue weighted by atomic mass is 10.2. The molecule has 7 nitrogen and oxygen atoms in total. The van der Waals surface area contributed by atoms with Crippen LogP contribution in [0.5, 0.6) is 0 Å². The zero-order valence-electron chi connectivity index (χ0n) is 15.4. The quantitative estimate of drug-likeness (QED) is 0.705. The Kier molecular flexibility index (Phi) is 5.56. The Labute approximate surface area is 157 Å². The lowest BCUT2D eigenvalue weighted by Gasteiger charge is -2.24. The molecule has 10 heteroatoms. The molecule has 0 bridgehead atoms. The van der Waals surface area contributed by atoms with Gasteiger partial charge in [0.1, 0.15) is 12.0 Å². The summed E-state index contributed by atoms with van der Waals surface area (Å²) in [4.78, 5) is 39.4. The van der Waals surface area contributed by atoms with Gasteiger partial charge in [0.05, 0.1) is 9.73 Å². The summed E-state index contributed by atoms with van der Waals surface area (Å²) in [5.74, 6) is -5.32. The minimum Gasteiger partial charge on any atom is -0.341 e. The van der Waals surface area contributed by atoms with Crippen molar-refractivity contribution in [3.05, 3.63) is 0 Å². The van der Waals surface area contributed by atoms with Crippen LogP contribution >= 0.6 is 0 Å². The van der Waals surface area contributed by atoms with E-state index in [9.17, 15) is 27.4 Å². The molecule has 2 heterocycles. The number of rotatable bonds is 4. The topological polar surface area (TPSA) is 87.1 Å². The summed E-state index contributed by atoms with van der Waals surface area (Å²) < 4.78 is 43.3. The first-order chi connectivity index (χ1) is 12.7. The van der Waals surface area contributed by atoms with Gasteiger partial charge in [0.25, 0.3) is 11.8 Å². The van der Waals surface area contributed by atoms with Crippen molar-refractivity contribution < 1.29 is 27.4 Å². The fourth-order valence-electron chi connectivity index (χ4n) is 3.71. The fourth-order valence-corrected chi connectivity index (χ4v) is 5.63. The van der Waals surface area contributed by atoms with Gasteiger partial charge in [-0.2, -0.15) is 4.36 Å². The maximum Gasteiger partial charge on any atom is 0.276 e. The third-order valence-electron chi connectivity index (χ3n) is 5.42. The molecule has 1 aliphatic carbocycles. The summed E-state index contributed by atoms with van der Waals surface area (Å²) in [6, 6.07) is -0.704. The highest BCUT2D eigenvalue weighted by atomic mass is 32.2. The minimum atomic E-state index is -2.93. The van der Waals surface area contributed by atoms with E-state index in [0.717, 1.165) is 0 Å². The van der Waals surface area contributed by atoms with Gasteiger partial charge in [-0.05, 0) is 19.3 Å². The van der Waals surface area contributed by atoms with Crippen molar-refractivity contribution in [2.24, 2.45) is 10.3 Å². The van der Waals surface area contributed by atoms with Crippen LogP contribution in [0.3, 0.4) is 0 Å². The van der Waals surface area contributed by atoms with Gasteiger partial charge in [-0.3, -0.25) is 14.4 Å². The van der Waals surface area contributed by atoms with Crippen LogP contribution in [0.2, 0.25) is 0 Å². The normalized spacial score (nSPS) is 31.4. The van der Waals surface area contributed by atoms with Crippen LogP contribution in [0, 0.1) is 5.92 Å². The highest BCUT2D eigenvalue weighted by molar-refractivity contribution is 7.93. The largest absolute Gasteiger partial charge is 0.341 e. The number of carbonyl (C=O) groups is 3. The third-order valence-corrected chi connectivity index (χ3v) is 7.68. The Morgan fingerprint density at radius 2 is 1.96 bits per heavy atom. The van der Waals surface area contributed by atoms with Crippen molar-refractivity contribution in [3.8, 4) is 0 Å². The molecule has 0 N–H and O–H groups in total. The number of amides is 3. The van der Waals surface area contributed by atoms with E-state index < -0.39 is 45.8 Å². The van der Waals surface area contributed by atoms with Crippen molar-refractivity contribution in [2.75, 3.05) is 31.1 Å². The summed E-state index contributed by atoms with van der Waals surface area (Å²) in [6.07, 6.45) is 1.41. The lowest BCUT2D eigenvalue weighted by molar-refractivity contribution is -0.136. The van der Waals surface area contributed by atoms with Crippen LogP contribution in [0.4, 0.5) is 8.78 Å². The minimum absolute atomic E-state index is 0.00679. The van der Waals surface area contributed by atoms with Gasteiger partial charge in [-0.15, -0.1) is 0 Å². The Morgan fingerprint density at radius 1 is 1.26 bits per heavy atom. The van der Waals surface area contributed by atoms with Gasteiger partial charge in [-0.25, -0.2) is 13.0 Å². The van der Waals surface area contributed by atoms with E-state index in [1.807, 2.05) is 0 Å². The number of hydrogen-bond donors (Lipinski definition) is 0. The van der Waals surface area contributed by atoms with Crippen LogP contribution in [0.25, 0.3) is 0 Å². The molecule has 2 aliphatic heterocycles. The summed E-state index contributed by atoms with van der Waals surface area (Å²) in [5, 5.41) is 0. The molecule has 3 rings (SSSR count). The number of nitrogens with zero attached hydrogens (tertiary/aromatic N) is 3. The average Bonchev–Trinajstić information content (AvgIpc) is 3.12. The molecule has 3 amide bonds. The number of halogens is 2. The van der Waals surface area contributed by atoms with Crippen LogP contribution in [-0.4, -0.2) is 74.8 Å². The van der Waals surface area contributed by atoms with Crippen molar-refractivity contribution in [2.45, 2.75) is 51.0 Å². The van der Waals surface area contributed by atoms with E-state index in [4.69, 9.17) is 0 Å². The molecular weight excluding hydrogens is 380 g/mol. The average molecular weight is 405 g/mol. The highest BCUT2D eigenvalue weighted by Gasteiger charge is 2.62. The molecule has 0 spiro atoms. The van der Waals surface area contributed by atoms with Crippen LogP contribution < -0.4 is 0 Å². The van der Waals surface area contributed by atoms with E-state index in [2.05, 4.69) is 4.36 Å². The highest BCUT2D eigenvalue weighted by Crippen LogP contribution is 2.49. The molecule has 3 aliphatic rings. The summed E-state index contributed by atoms with van der Waals surface area (Å²) in [7, 11) is -2.87. The predicted octanol–water partition coefficient (Wildman–Crippen LogP) is 1.27. The summed E-state index contributed by atoms with van der Waals surface area (Å²) in [6.45, 7) is 2.58. The van der Waals surface area contributed by atoms with E-state index >= 15 is 0 Å². The van der Waals surface area contributed by atoms with E-state index in [-0.39, 0.29) is 30.5 Å². The molecule has 27 heavy (non-hydrogen) atoms. The zero-order valence-corrected chi connectivity index (χ0v) is 16.2. The van der Waals surface area contributed by atoms with Gasteiger partial charge < -0.3 is 9.80 Å². The molecule has 3 unspecified atom stereocenters. The molecule has 0 aromatic heterocycles. The fraction of sp³-hybridized carbons (Fsp3) is 0.824. The molecule has 0 aromatic carbocycles. The molecule has 2 saturated heterocycles. The van der Waals surface area contributed by atoms with Crippen molar-refractivity contribution in [1.29, 1.82) is 0 Å². The molecule has 0 radical (unpaired) electrons. The van der Waals surface area contributed by atoms with Gasteiger partial charge in [0.2, 0.25) is 11.8 Å². The molecule has 3 fully saturated rings. The summed E-state index contributed by atoms with van der Waals surface area (Å²) in [5.41, 5.74) is 0. The maximum absolute atomic E-state index is 13.1. The zero-order chi connectivity index (χ0) is 19.8. The van der Waals surface area contributed by atoms with Crippen molar-refractivity contribution in [1.82, 2.24) is 9.80 Å². The number of likely N-dealkylation sites (tertiary alicyclic amines) is 1. The smallest absolute Gasteiger partial charge is 0.276 e. The van der Waals surface area contributed by atoms with E-state index in [0.29, 0.717) is 32.2 Å². The number of carbonyl (C=O) groups excluding carboxylic acids is 3. The van der Waals surface area contributed by atoms with Gasteiger partial charge >= 0.3 is 0 Å². The van der Waals surface area contributed by atoms with Gasteiger partial charge in [-0.1, -0.05) is 6.92 Å². The second-order valence-electron chi connectivity index (χ2n) is 7.42. The van der Waals surface area contributed by atoms with Crippen LogP contribution in [-0.2, 0) is 24.1 Å². The van der Waals surface area contributed by atoms with Crippen LogP contribution in [0.15, 0.2) is 4.36 Å². The summed E-state index contributed by atoms with van der Waals surface area (Å²) >= 11 is 0. The van der Waals surface area contributed by atoms with Crippen molar-refractivity contribution in [3.63, 3.8) is 0 Å². The maximum atomic E-state index is 13.1. The molecule has 152 valence electrons. The Bertz CT molecular complexity index is 763. The van der Waals surface area contributed by atoms with E-state index in [1.54, 1.807) is 6.92 Å². The van der Waals surface area contributed by atoms with E-state index in [1.165, 1.54) is 9.80 Å². The molecule has 3 atom stereocenters. The Balaban J connectivity index is 1.68. The first-order valence-corrected chi connectivity index (χ1v) is 11.2. The number of hydrogen-bond acceptors (Lipinski definition) is 4. The molecule has 1 saturated carbocycles. The first-order valence-electron chi connectivity index (χ1n) is 9.39. The first kappa shape index (κ1) is 20.2. The third kappa shape index (κ3) is 4.30. The Morgan fingerprint density at radius 3 is 2.52 bits per heavy atom. The van der Waals surface area contributed by atoms with Crippen LogP contribution in [0.1, 0.15) is 39.0 Å². The second kappa shape index (κ2) is 7.44. The predicted molar refractivity (Wildman–Crippen MR) is 94.6 cm³/mol. The SMILES string of the molecule is CCC(C(=O)N=S1(=O)CCCN(C(=O)C2CC2(F)F)CC1)N1CCCC1=O. The van der Waals surface area contributed by atoms with Gasteiger partial charge in [0.15, 0.2) is 0 Å². The second-order valence-corrected chi connectivity index (χ2v) is 9.97. The monoisotopic (exact) mass is 405 g/mol. The Hall–Kier alpha value is -1.58. The van der Waals surface area contributed by atoms with Gasteiger partial charge in [0, 0.05) is 44.0 Å². The standard InChI is InChI=1S/C17H25F2N3O4S/c1-2-13(22-7-3-5-14(22)23)15(24)20-27(26)9-4-6-21(8-10-27)16(25)12-11-17(12,18)19/h12-13H,2-11H2,1H3. The van der Waals surface area contributed by atoms with Crippen molar-refractivity contribution >= 4 is 27.5 Å².